The first-order valence-corrected chi connectivity index (χ1v) is 12.4. The van der Waals surface area contributed by atoms with Gasteiger partial charge in [0.15, 0.2) is 8.32 Å². The van der Waals surface area contributed by atoms with E-state index in [0.29, 0.717) is 6.61 Å². The molecular formula is C20H34N2O3Si. The third-order valence-electron chi connectivity index (χ3n) is 5.48. The van der Waals surface area contributed by atoms with Crippen molar-refractivity contribution in [3.05, 3.63) is 35.9 Å². The van der Waals surface area contributed by atoms with Crippen LogP contribution in [0.2, 0.25) is 18.1 Å². The average Bonchev–Trinajstić information content (AvgIpc) is 3.00. The van der Waals surface area contributed by atoms with E-state index in [0.717, 1.165) is 38.2 Å². The number of hydrogen-bond acceptors (Lipinski definition) is 4. The Morgan fingerprint density at radius 2 is 1.96 bits per heavy atom. The lowest BCUT2D eigenvalue weighted by molar-refractivity contribution is 0.135. The lowest BCUT2D eigenvalue weighted by Gasteiger charge is -2.36. The average molecular weight is 379 g/mol. The van der Waals surface area contributed by atoms with Gasteiger partial charge >= 0.3 is 6.09 Å². The van der Waals surface area contributed by atoms with E-state index in [9.17, 15) is 4.79 Å². The van der Waals surface area contributed by atoms with Crippen LogP contribution >= 0.6 is 0 Å². The van der Waals surface area contributed by atoms with Gasteiger partial charge in [-0.25, -0.2) is 4.79 Å². The van der Waals surface area contributed by atoms with Gasteiger partial charge in [0.1, 0.15) is 6.61 Å². The lowest BCUT2D eigenvalue weighted by Crippen LogP contribution is -2.43. The van der Waals surface area contributed by atoms with Crippen molar-refractivity contribution in [1.82, 2.24) is 10.2 Å². The van der Waals surface area contributed by atoms with Gasteiger partial charge in [0, 0.05) is 32.3 Å². The molecule has 0 aliphatic carbocycles. The Balaban J connectivity index is 1.64. The standard InChI is InChI=1S/C20H34N2O3Si/c1-20(2,3)26(4,5)25-14-13-22-12-11-18(15-22)21-19(23)24-16-17-9-7-6-8-10-17/h6-10,18H,11-16H2,1-5H3,(H,21,23)/t18-/m1/s1. The van der Waals surface area contributed by atoms with Crippen LogP contribution in [0, 0.1) is 0 Å². The van der Waals surface area contributed by atoms with E-state index in [1.54, 1.807) is 0 Å². The number of alkyl carbamates (subject to hydrolysis) is 1. The molecule has 0 saturated carbocycles. The monoisotopic (exact) mass is 378 g/mol. The number of rotatable bonds is 7. The van der Waals surface area contributed by atoms with Gasteiger partial charge < -0.3 is 14.5 Å². The molecule has 6 heteroatoms. The van der Waals surface area contributed by atoms with Crippen LogP contribution in [0.25, 0.3) is 0 Å². The molecule has 0 spiro atoms. The zero-order valence-corrected chi connectivity index (χ0v) is 17.9. The third-order valence-corrected chi connectivity index (χ3v) is 10.0. The Morgan fingerprint density at radius 1 is 1.27 bits per heavy atom. The summed E-state index contributed by atoms with van der Waals surface area (Å²) in [6.45, 7) is 15.2. The molecule has 1 aromatic carbocycles. The molecule has 1 fully saturated rings. The van der Waals surface area contributed by atoms with Gasteiger partial charge in [-0.1, -0.05) is 51.1 Å². The summed E-state index contributed by atoms with van der Waals surface area (Å²) in [5.74, 6) is 0. The van der Waals surface area contributed by atoms with Crippen LogP contribution in [0.4, 0.5) is 4.79 Å². The molecule has 0 aromatic heterocycles. The number of carbonyl (C=O) groups excluding carboxylic acids is 1. The van der Waals surface area contributed by atoms with Crippen LogP contribution in [-0.2, 0) is 15.8 Å². The molecule has 0 radical (unpaired) electrons. The minimum Gasteiger partial charge on any atom is -0.445 e. The zero-order chi connectivity index (χ0) is 19.2. The Bertz CT molecular complexity index is 572. The van der Waals surface area contributed by atoms with E-state index < -0.39 is 8.32 Å². The molecular weight excluding hydrogens is 344 g/mol. The predicted molar refractivity (Wildman–Crippen MR) is 108 cm³/mol. The van der Waals surface area contributed by atoms with Crippen molar-refractivity contribution >= 4 is 14.4 Å². The van der Waals surface area contributed by atoms with E-state index in [-0.39, 0.29) is 17.2 Å². The first-order valence-electron chi connectivity index (χ1n) is 9.51. The number of likely N-dealkylation sites (tertiary alicyclic amines) is 1. The number of ether oxygens (including phenoxy) is 1. The molecule has 2 rings (SSSR count). The minimum atomic E-state index is -1.68. The lowest BCUT2D eigenvalue weighted by atomic mass is 10.2. The number of nitrogens with one attached hydrogen (secondary N) is 1. The van der Waals surface area contributed by atoms with Crippen molar-refractivity contribution in [2.45, 2.75) is 58.0 Å². The molecule has 5 nitrogen and oxygen atoms in total. The van der Waals surface area contributed by atoms with E-state index >= 15 is 0 Å². The summed E-state index contributed by atoms with van der Waals surface area (Å²) in [6, 6.07) is 9.89. The van der Waals surface area contributed by atoms with Gasteiger partial charge in [0.2, 0.25) is 0 Å². The van der Waals surface area contributed by atoms with Gasteiger partial charge in [0.05, 0.1) is 0 Å². The van der Waals surface area contributed by atoms with Gasteiger partial charge in [-0.2, -0.15) is 0 Å². The third kappa shape index (κ3) is 6.41. The summed E-state index contributed by atoms with van der Waals surface area (Å²) in [5, 5.41) is 3.22. The highest BCUT2D eigenvalue weighted by molar-refractivity contribution is 6.74. The quantitative estimate of drug-likeness (QED) is 0.729. The van der Waals surface area contributed by atoms with Crippen LogP contribution in [0.15, 0.2) is 30.3 Å². The summed E-state index contributed by atoms with van der Waals surface area (Å²) >= 11 is 0. The summed E-state index contributed by atoms with van der Waals surface area (Å²) < 4.78 is 11.5. The van der Waals surface area contributed by atoms with Gasteiger partial charge in [-0.15, -0.1) is 0 Å². The SMILES string of the molecule is CC(C)(C)[Si](C)(C)OCCN1CC[C@@H](NC(=O)OCc2ccccc2)C1. The summed E-state index contributed by atoms with van der Waals surface area (Å²) in [5.41, 5.74) is 0.999. The molecule has 0 bridgehead atoms. The van der Waals surface area contributed by atoms with E-state index in [2.05, 4.69) is 44.1 Å². The highest BCUT2D eigenvalue weighted by atomic mass is 28.4. The van der Waals surface area contributed by atoms with Crippen molar-refractivity contribution in [2.24, 2.45) is 0 Å². The second kappa shape index (κ2) is 9.02. The number of benzene rings is 1. The normalized spacial score (nSPS) is 18.7. The second-order valence-electron chi connectivity index (χ2n) is 8.60. The summed E-state index contributed by atoms with van der Waals surface area (Å²) in [4.78, 5) is 14.3. The number of hydrogen-bond donors (Lipinski definition) is 1. The molecule has 146 valence electrons. The molecule has 1 aliphatic heterocycles. The number of carbonyl (C=O) groups is 1. The van der Waals surface area contributed by atoms with Crippen molar-refractivity contribution in [3.63, 3.8) is 0 Å². The van der Waals surface area contributed by atoms with E-state index in [1.807, 2.05) is 30.3 Å². The molecule has 26 heavy (non-hydrogen) atoms. The van der Waals surface area contributed by atoms with Crippen LogP contribution in [0.1, 0.15) is 32.8 Å². The highest BCUT2D eigenvalue weighted by Crippen LogP contribution is 2.36. The first kappa shape index (κ1) is 20.9. The van der Waals surface area contributed by atoms with Crippen molar-refractivity contribution in [2.75, 3.05) is 26.2 Å². The molecule has 1 N–H and O–H groups in total. The van der Waals surface area contributed by atoms with Crippen LogP contribution < -0.4 is 5.32 Å². The topological polar surface area (TPSA) is 50.8 Å². The Hall–Kier alpha value is -1.37. The largest absolute Gasteiger partial charge is 0.445 e. The number of nitrogens with zero attached hydrogens (tertiary/aromatic N) is 1. The minimum absolute atomic E-state index is 0.158. The first-order chi connectivity index (χ1) is 12.2. The Labute approximate surface area is 159 Å². The van der Waals surface area contributed by atoms with Crippen molar-refractivity contribution in [1.29, 1.82) is 0 Å². The van der Waals surface area contributed by atoms with E-state index in [1.165, 1.54) is 0 Å². The smallest absolute Gasteiger partial charge is 0.407 e. The van der Waals surface area contributed by atoms with Crippen molar-refractivity contribution < 1.29 is 14.0 Å². The van der Waals surface area contributed by atoms with Crippen molar-refractivity contribution in [3.8, 4) is 0 Å². The molecule has 1 atom stereocenters. The molecule has 1 saturated heterocycles. The molecule has 1 heterocycles. The van der Waals surface area contributed by atoms with Gasteiger partial charge in [-0.3, -0.25) is 4.90 Å². The predicted octanol–water partition coefficient (Wildman–Crippen LogP) is 4.01. The summed E-state index contributed by atoms with van der Waals surface area (Å²) in [7, 11) is -1.68. The maximum atomic E-state index is 12.0. The van der Waals surface area contributed by atoms with Gasteiger partial charge in [0.25, 0.3) is 0 Å². The van der Waals surface area contributed by atoms with E-state index in [4.69, 9.17) is 9.16 Å². The fourth-order valence-electron chi connectivity index (χ4n) is 2.73. The molecule has 1 aliphatic rings. The highest BCUT2D eigenvalue weighted by Gasteiger charge is 2.37. The summed E-state index contributed by atoms with van der Waals surface area (Å²) in [6.07, 6.45) is 0.624. The maximum Gasteiger partial charge on any atom is 0.407 e. The van der Waals surface area contributed by atoms with Crippen LogP contribution in [0.3, 0.4) is 0 Å². The molecule has 1 amide bonds. The zero-order valence-electron chi connectivity index (χ0n) is 16.9. The molecule has 0 unspecified atom stereocenters. The second-order valence-corrected chi connectivity index (χ2v) is 13.4. The fourth-order valence-corrected chi connectivity index (χ4v) is 3.77. The maximum absolute atomic E-state index is 12.0. The number of amides is 1. The van der Waals surface area contributed by atoms with Crippen LogP contribution in [0.5, 0.6) is 0 Å². The van der Waals surface area contributed by atoms with Crippen LogP contribution in [-0.4, -0.2) is 51.6 Å². The van der Waals surface area contributed by atoms with Gasteiger partial charge in [-0.05, 0) is 30.1 Å². The fraction of sp³-hybridized carbons (Fsp3) is 0.650. The Morgan fingerprint density at radius 3 is 2.62 bits per heavy atom. The Kier molecular flexibility index (Phi) is 7.26. The molecule has 1 aromatic rings.